The molecule has 0 bridgehead atoms. The van der Waals surface area contributed by atoms with E-state index < -0.39 is 0 Å². The van der Waals surface area contributed by atoms with Gasteiger partial charge in [0.15, 0.2) is 0 Å². The molecule has 0 aromatic rings. The molecule has 0 unspecified atom stereocenters. The first kappa shape index (κ1) is 7.52. The largest absolute Gasteiger partial charge is 0.300 e. The highest BCUT2D eigenvalue weighted by molar-refractivity contribution is 5.81. The normalized spacial score (nSPS) is 32.8. The van der Waals surface area contributed by atoms with Crippen LogP contribution >= 0.6 is 0 Å². The van der Waals surface area contributed by atoms with Gasteiger partial charge in [-0.3, -0.25) is 4.79 Å². The summed E-state index contributed by atoms with van der Waals surface area (Å²) in [7, 11) is 0. The van der Waals surface area contributed by atoms with Crippen molar-refractivity contribution in [2.45, 2.75) is 26.7 Å². The fourth-order valence-electron chi connectivity index (χ4n) is 1.69. The second kappa shape index (κ2) is 2.57. The lowest BCUT2D eigenvalue weighted by atomic mass is 9.92. The fourth-order valence-corrected chi connectivity index (χ4v) is 1.69. The quantitative estimate of drug-likeness (QED) is 0.507. The standard InChI is InChI=1S/C9H14O/c1-6(2)9-5-8(10)4-7(9)3/h7,9H,1,4-5H2,2-3H3/t7-,9-/m1/s1. The summed E-state index contributed by atoms with van der Waals surface area (Å²) in [5, 5.41) is 0. The molecule has 1 rings (SSSR count). The molecule has 10 heavy (non-hydrogen) atoms. The molecule has 0 aliphatic heterocycles. The molecule has 0 saturated heterocycles. The molecular formula is C9H14O. The lowest BCUT2D eigenvalue weighted by Crippen LogP contribution is -2.03. The van der Waals surface area contributed by atoms with Crippen molar-refractivity contribution in [3.63, 3.8) is 0 Å². The van der Waals surface area contributed by atoms with Gasteiger partial charge in [-0.1, -0.05) is 19.1 Å². The first-order valence-electron chi connectivity index (χ1n) is 3.78. The van der Waals surface area contributed by atoms with Gasteiger partial charge in [0, 0.05) is 12.8 Å². The van der Waals surface area contributed by atoms with E-state index in [-0.39, 0.29) is 0 Å². The molecule has 56 valence electrons. The van der Waals surface area contributed by atoms with Crippen LogP contribution in [-0.2, 0) is 4.79 Å². The average Bonchev–Trinajstić information content (AvgIpc) is 2.10. The molecule has 0 radical (unpaired) electrons. The van der Waals surface area contributed by atoms with Crippen molar-refractivity contribution in [3.8, 4) is 0 Å². The SMILES string of the molecule is C=C(C)[C@H]1CC(=O)C[C@H]1C. The molecule has 1 aliphatic rings. The van der Waals surface area contributed by atoms with Gasteiger partial charge in [0.25, 0.3) is 0 Å². The van der Waals surface area contributed by atoms with Gasteiger partial charge >= 0.3 is 0 Å². The Bertz CT molecular complexity index is 170. The summed E-state index contributed by atoms with van der Waals surface area (Å²) in [6.45, 7) is 8.01. The van der Waals surface area contributed by atoms with Crippen molar-refractivity contribution in [1.29, 1.82) is 0 Å². The van der Waals surface area contributed by atoms with Crippen LogP contribution in [0.5, 0.6) is 0 Å². The van der Waals surface area contributed by atoms with Gasteiger partial charge in [0.05, 0.1) is 0 Å². The maximum Gasteiger partial charge on any atom is 0.133 e. The van der Waals surface area contributed by atoms with E-state index in [1.165, 1.54) is 5.57 Å². The van der Waals surface area contributed by atoms with E-state index in [9.17, 15) is 4.79 Å². The van der Waals surface area contributed by atoms with E-state index in [0.29, 0.717) is 17.6 Å². The number of Topliss-reactive ketones (excluding diaryl/α,β-unsaturated/α-hetero) is 1. The first-order valence-corrected chi connectivity index (χ1v) is 3.78. The van der Waals surface area contributed by atoms with Crippen LogP contribution in [0, 0.1) is 11.8 Å². The fraction of sp³-hybridized carbons (Fsp3) is 0.667. The Balaban J connectivity index is 2.63. The molecule has 0 aromatic carbocycles. The van der Waals surface area contributed by atoms with Crippen LogP contribution in [0.1, 0.15) is 26.7 Å². The zero-order valence-electron chi connectivity index (χ0n) is 6.68. The third-order valence-corrected chi connectivity index (χ3v) is 2.32. The zero-order chi connectivity index (χ0) is 7.72. The molecule has 0 amide bonds. The molecule has 0 N–H and O–H groups in total. The van der Waals surface area contributed by atoms with Crippen molar-refractivity contribution in [1.82, 2.24) is 0 Å². The Morgan fingerprint density at radius 3 is 2.40 bits per heavy atom. The van der Waals surface area contributed by atoms with E-state index >= 15 is 0 Å². The predicted octanol–water partition coefficient (Wildman–Crippen LogP) is 2.18. The Kier molecular flexibility index (Phi) is 1.93. The van der Waals surface area contributed by atoms with Crippen LogP contribution in [0.3, 0.4) is 0 Å². The summed E-state index contributed by atoms with van der Waals surface area (Å²) >= 11 is 0. The number of carbonyl (C=O) groups excluding carboxylic acids is 1. The van der Waals surface area contributed by atoms with Gasteiger partial charge in [0.1, 0.15) is 5.78 Å². The molecule has 2 atom stereocenters. The second-order valence-electron chi connectivity index (χ2n) is 3.38. The third kappa shape index (κ3) is 1.28. The Morgan fingerprint density at radius 2 is 2.20 bits per heavy atom. The van der Waals surface area contributed by atoms with E-state index in [2.05, 4.69) is 13.5 Å². The maximum atomic E-state index is 10.9. The minimum absolute atomic E-state index is 0.403. The Labute approximate surface area is 62.1 Å². The van der Waals surface area contributed by atoms with E-state index in [0.717, 1.165) is 12.8 Å². The predicted molar refractivity (Wildman–Crippen MR) is 41.7 cm³/mol. The Morgan fingerprint density at radius 1 is 1.60 bits per heavy atom. The highest BCUT2D eigenvalue weighted by atomic mass is 16.1. The molecule has 1 saturated carbocycles. The minimum Gasteiger partial charge on any atom is -0.300 e. The van der Waals surface area contributed by atoms with Crippen LogP contribution in [-0.4, -0.2) is 5.78 Å². The lowest BCUT2D eigenvalue weighted by molar-refractivity contribution is -0.117. The van der Waals surface area contributed by atoms with Crippen LogP contribution in [0.25, 0.3) is 0 Å². The maximum absolute atomic E-state index is 10.9. The second-order valence-corrected chi connectivity index (χ2v) is 3.38. The van der Waals surface area contributed by atoms with Crippen molar-refractivity contribution in [2.24, 2.45) is 11.8 Å². The number of carbonyl (C=O) groups is 1. The topological polar surface area (TPSA) is 17.1 Å². The molecule has 0 spiro atoms. The summed E-state index contributed by atoms with van der Waals surface area (Å²) in [4.78, 5) is 10.9. The van der Waals surface area contributed by atoms with Gasteiger partial charge in [-0.2, -0.15) is 0 Å². The zero-order valence-corrected chi connectivity index (χ0v) is 6.68. The number of ketones is 1. The molecule has 1 aliphatic carbocycles. The number of rotatable bonds is 1. The molecule has 1 heteroatoms. The number of hydrogen-bond acceptors (Lipinski definition) is 1. The molecule has 0 aromatic heterocycles. The van der Waals surface area contributed by atoms with Gasteiger partial charge in [-0.15, -0.1) is 0 Å². The van der Waals surface area contributed by atoms with E-state index in [1.54, 1.807) is 0 Å². The summed E-state index contributed by atoms with van der Waals surface area (Å²) in [5.74, 6) is 1.40. The minimum atomic E-state index is 0.403. The molecular weight excluding hydrogens is 124 g/mol. The van der Waals surface area contributed by atoms with Crippen molar-refractivity contribution in [3.05, 3.63) is 12.2 Å². The van der Waals surface area contributed by atoms with Crippen molar-refractivity contribution < 1.29 is 4.79 Å². The van der Waals surface area contributed by atoms with Crippen LogP contribution in [0.4, 0.5) is 0 Å². The molecule has 1 fully saturated rings. The van der Waals surface area contributed by atoms with Crippen LogP contribution in [0.15, 0.2) is 12.2 Å². The van der Waals surface area contributed by atoms with Crippen LogP contribution in [0.2, 0.25) is 0 Å². The van der Waals surface area contributed by atoms with Gasteiger partial charge in [0.2, 0.25) is 0 Å². The summed E-state index contributed by atoms with van der Waals surface area (Å²) in [6, 6.07) is 0. The summed E-state index contributed by atoms with van der Waals surface area (Å²) in [6.07, 6.45) is 1.49. The van der Waals surface area contributed by atoms with E-state index in [1.807, 2.05) is 6.92 Å². The third-order valence-electron chi connectivity index (χ3n) is 2.32. The van der Waals surface area contributed by atoms with Gasteiger partial charge in [-0.05, 0) is 18.8 Å². The Hall–Kier alpha value is -0.590. The molecule has 0 heterocycles. The van der Waals surface area contributed by atoms with Gasteiger partial charge < -0.3 is 0 Å². The smallest absolute Gasteiger partial charge is 0.133 e. The lowest BCUT2D eigenvalue weighted by Gasteiger charge is -2.12. The first-order chi connectivity index (χ1) is 4.61. The molecule has 1 nitrogen and oxygen atoms in total. The average molecular weight is 138 g/mol. The van der Waals surface area contributed by atoms with Gasteiger partial charge in [-0.25, -0.2) is 0 Å². The number of hydrogen-bond donors (Lipinski definition) is 0. The van der Waals surface area contributed by atoms with Crippen LogP contribution < -0.4 is 0 Å². The number of allylic oxidation sites excluding steroid dienone is 1. The van der Waals surface area contributed by atoms with Crippen molar-refractivity contribution >= 4 is 5.78 Å². The van der Waals surface area contributed by atoms with Crippen molar-refractivity contribution in [2.75, 3.05) is 0 Å². The highest BCUT2D eigenvalue weighted by Crippen LogP contribution is 2.32. The highest BCUT2D eigenvalue weighted by Gasteiger charge is 2.29. The van der Waals surface area contributed by atoms with E-state index in [4.69, 9.17) is 0 Å². The summed E-state index contributed by atoms with van der Waals surface area (Å²) in [5.41, 5.74) is 1.17. The monoisotopic (exact) mass is 138 g/mol. The summed E-state index contributed by atoms with van der Waals surface area (Å²) < 4.78 is 0.